The standard InChI is InChI=1S/C14H14INO3/c1-3-6-11-12(14(17)18-2)19-13(16-11)9-7-4-5-8-10(9)15/h4-5,7-8H,3,6H2,1-2H3. The summed E-state index contributed by atoms with van der Waals surface area (Å²) in [6.45, 7) is 2.03. The predicted octanol–water partition coefficient (Wildman–Crippen LogP) is 3.69. The zero-order valence-corrected chi connectivity index (χ0v) is 12.9. The van der Waals surface area contributed by atoms with Gasteiger partial charge in [0.1, 0.15) is 0 Å². The molecular weight excluding hydrogens is 357 g/mol. The van der Waals surface area contributed by atoms with E-state index < -0.39 is 5.97 Å². The lowest BCUT2D eigenvalue weighted by Gasteiger charge is -1.98. The van der Waals surface area contributed by atoms with Crippen LogP contribution in [-0.2, 0) is 11.2 Å². The highest BCUT2D eigenvalue weighted by molar-refractivity contribution is 14.1. The Morgan fingerprint density at radius 1 is 1.42 bits per heavy atom. The van der Waals surface area contributed by atoms with Crippen LogP contribution in [0.4, 0.5) is 0 Å². The minimum Gasteiger partial charge on any atom is -0.463 e. The SMILES string of the molecule is CCCc1nc(-c2ccccc2I)oc1C(=O)OC. The Balaban J connectivity index is 2.48. The number of oxazole rings is 1. The molecule has 2 rings (SSSR count). The molecule has 2 aromatic rings. The molecule has 1 aromatic heterocycles. The Hall–Kier alpha value is -1.37. The zero-order chi connectivity index (χ0) is 13.8. The molecule has 0 aliphatic heterocycles. The molecule has 4 nitrogen and oxygen atoms in total. The van der Waals surface area contributed by atoms with E-state index in [4.69, 9.17) is 9.15 Å². The van der Waals surface area contributed by atoms with Crippen LogP contribution in [0, 0.1) is 3.57 Å². The van der Waals surface area contributed by atoms with Crippen molar-refractivity contribution in [2.45, 2.75) is 19.8 Å². The number of esters is 1. The summed E-state index contributed by atoms with van der Waals surface area (Å²) in [5.41, 5.74) is 1.54. The van der Waals surface area contributed by atoms with Crippen LogP contribution in [0.1, 0.15) is 29.6 Å². The van der Waals surface area contributed by atoms with Crippen molar-refractivity contribution >= 4 is 28.6 Å². The number of nitrogens with zero attached hydrogens (tertiary/aromatic N) is 1. The van der Waals surface area contributed by atoms with E-state index >= 15 is 0 Å². The average molecular weight is 371 g/mol. The fourth-order valence-corrected chi connectivity index (χ4v) is 2.38. The molecular formula is C14H14INO3. The van der Waals surface area contributed by atoms with Gasteiger partial charge in [-0.1, -0.05) is 25.5 Å². The molecule has 0 spiro atoms. The maximum Gasteiger partial charge on any atom is 0.376 e. The Kier molecular flexibility index (Phi) is 4.57. The Bertz CT molecular complexity index is 592. The van der Waals surface area contributed by atoms with Gasteiger partial charge < -0.3 is 9.15 Å². The number of aromatic nitrogens is 1. The maximum absolute atomic E-state index is 11.7. The fraction of sp³-hybridized carbons (Fsp3) is 0.286. The predicted molar refractivity (Wildman–Crippen MR) is 80.0 cm³/mol. The molecule has 0 saturated heterocycles. The summed E-state index contributed by atoms with van der Waals surface area (Å²) < 4.78 is 11.4. The summed E-state index contributed by atoms with van der Waals surface area (Å²) in [7, 11) is 1.34. The second-order valence-corrected chi connectivity index (χ2v) is 5.18. The van der Waals surface area contributed by atoms with Gasteiger partial charge in [0.15, 0.2) is 0 Å². The number of benzene rings is 1. The van der Waals surface area contributed by atoms with Crippen LogP contribution in [0.3, 0.4) is 0 Å². The highest BCUT2D eigenvalue weighted by atomic mass is 127. The van der Waals surface area contributed by atoms with Crippen molar-refractivity contribution in [3.05, 3.63) is 39.3 Å². The molecule has 0 unspecified atom stereocenters. The van der Waals surface area contributed by atoms with Crippen molar-refractivity contribution in [3.63, 3.8) is 0 Å². The molecule has 1 aromatic carbocycles. The van der Waals surface area contributed by atoms with Gasteiger partial charge in [0.05, 0.1) is 18.4 Å². The van der Waals surface area contributed by atoms with Crippen LogP contribution >= 0.6 is 22.6 Å². The number of aryl methyl sites for hydroxylation is 1. The van der Waals surface area contributed by atoms with E-state index in [2.05, 4.69) is 27.6 Å². The van der Waals surface area contributed by atoms with Crippen LogP contribution in [0.25, 0.3) is 11.5 Å². The molecule has 100 valence electrons. The van der Waals surface area contributed by atoms with E-state index in [1.54, 1.807) is 0 Å². The van der Waals surface area contributed by atoms with E-state index in [1.165, 1.54) is 7.11 Å². The van der Waals surface area contributed by atoms with E-state index in [0.717, 1.165) is 15.6 Å². The lowest BCUT2D eigenvalue weighted by Crippen LogP contribution is -2.03. The third-order valence-electron chi connectivity index (χ3n) is 2.66. The Morgan fingerprint density at radius 2 is 2.16 bits per heavy atom. The highest BCUT2D eigenvalue weighted by Crippen LogP contribution is 2.27. The lowest BCUT2D eigenvalue weighted by atomic mass is 10.2. The van der Waals surface area contributed by atoms with Crippen LogP contribution in [0.5, 0.6) is 0 Å². The molecule has 0 aliphatic carbocycles. The molecule has 0 amide bonds. The van der Waals surface area contributed by atoms with Crippen LogP contribution in [-0.4, -0.2) is 18.1 Å². The van der Waals surface area contributed by atoms with Gasteiger partial charge in [-0.2, -0.15) is 0 Å². The van der Waals surface area contributed by atoms with Crippen molar-refractivity contribution < 1.29 is 13.9 Å². The maximum atomic E-state index is 11.7. The van der Waals surface area contributed by atoms with Gasteiger partial charge in [0.2, 0.25) is 11.7 Å². The Labute approximate surface area is 125 Å². The molecule has 5 heteroatoms. The van der Waals surface area contributed by atoms with E-state index in [-0.39, 0.29) is 5.76 Å². The summed E-state index contributed by atoms with van der Waals surface area (Å²) >= 11 is 2.22. The molecule has 19 heavy (non-hydrogen) atoms. The van der Waals surface area contributed by atoms with E-state index in [9.17, 15) is 4.79 Å². The van der Waals surface area contributed by atoms with Gasteiger partial charge in [-0.15, -0.1) is 0 Å². The first-order chi connectivity index (χ1) is 9.17. The lowest BCUT2D eigenvalue weighted by molar-refractivity contribution is 0.0564. The molecule has 0 saturated carbocycles. The number of carbonyl (C=O) groups excluding carboxylic acids is 1. The van der Waals surface area contributed by atoms with Gasteiger partial charge >= 0.3 is 5.97 Å². The zero-order valence-electron chi connectivity index (χ0n) is 10.8. The number of hydrogen-bond donors (Lipinski definition) is 0. The summed E-state index contributed by atoms with van der Waals surface area (Å²) in [6, 6.07) is 7.75. The topological polar surface area (TPSA) is 52.3 Å². The number of halogens is 1. The fourth-order valence-electron chi connectivity index (χ4n) is 1.76. The van der Waals surface area contributed by atoms with Gasteiger partial charge in [-0.3, -0.25) is 0 Å². The van der Waals surface area contributed by atoms with Crippen molar-refractivity contribution in [2.75, 3.05) is 7.11 Å². The number of rotatable bonds is 4. The highest BCUT2D eigenvalue weighted by Gasteiger charge is 2.21. The molecule has 0 atom stereocenters. The Morgan fingerprint density at radius 3 is 2.79 bits per heavy atom. The molecule has 0 aliphatic rings. The van der Waals surface area contributed by atoms with Crippen molar-refractivity contribution in [1.82, 2.24) is 4.98 Å². The first kappa shape index (κ1) is 14.0. The summed E-state index contributed by atoms with van der Waals surface area (Å²) in [4.78, 5) is 16.1. The number of hydrogen-bond acceptors (Lipinski definition) is 4. The molecule has 0 radical (unpaired) electrons. The van der Waals surface area contributed by atoms with Crippen LogP contribution in [0.2, 0.25) is 0 Å². The summed E-state index contributed by atoms with van der Waals surface area (Å²) in [6.07, 6.45) is 1.58. The van der Waals surface area contributed by atoms with E-state index in [0.29, 0.717) is 18.0 Å². The molecule has 1 heterocycles. The van der Waals surface area contributed by atoms with Crippen molar-refractivity contribution in [1.29, 1.82) is 0 Å². The normalized spacial score (nSPS) is 10.5. The van der Waals surface area contributed by atoms with E-state index in [1.807, 2.05) is 31.2 Å². The molecule has 0 N–H and O–H groups in total. The molecule has 0 bridgehead atoms. The molecule has 0 fully saturated rings. The second kappa shape index (κ2) is 6.18. The smallest absolute Gasteiger partial charge is 0.376 e. The summed E-state index contributed by atoms with van der Waals surface area (Å²) in [5, 5.41) is 0. The van der Waals surface area contributed by atoms with Crippen LogP contribution < -0.4 is 0 Å². The van der Waals surface area contributed by atoms with Crippen molar-refractivity contribution in [2.24, 2.45) is 0 Å². The first-order valence-corrected chi connectivity index (χ1v) is 7.08. The number of carbonyl (C=O) groups is 1. The van der Waals surface area contributed by atoms with Gasteiger partial charge in [-0.05, 0) is 41.1 Å². The summed E-state index contributed by atoms with van der Waals surface area (Å²) in [5.74, 6) is 0.195. The minimum atomic E-state index is -0.479. The largest absolute Gasteiger partial charge is 0.463 e. The quantitative estimate of drug-likeness (QED) is 0.608. The van der Waals surface area contributed by atoms with Gasteiger partial charge in [0.25, 0.3) is 0 Å². The van der Waals surface area contributed by atoms with Gasteiger partial charge in [-0.25, -0.2) is 9.78 Å². The van der Waals surface area contributed by atoms with Crippen molar-refractivity contribution in [3.8, 4) is 11.5 Å². The number of methoxy groups -OCH3 is 1. The average Bonchev–Trinajstić information content (AvgIpc) is 2.83. The monoisotopic (exact) mass is 371 g/mol. The van der Waals surface area contributed by atoms with Crippen LogP contribution in [0.15, 0.2) is 28.7 Å². The first-order valence-electron chi connectivity index (χ1n) is 6.00. The minimum absolute atomic E-state index is 0.207. The second-order valence-electron chi connectivity index (χ2n) is 4.02. The third-order valence-corrected chi connectivity index (χ3v) is 3.60. The third kappa shape index (κ3) is 2.97. The number of ether oxygens (including phenoxy) is 1. The van der Waals surface area contributed by atoms with Gasteiger partial charge in [0, 0.05) is 3.57 Å².